The molecule has 0 bridgehead atoms. The molecule has 1 aromatic heterocycles. The van der Waals surface area contributed by atoms with Crippen LogP contribution in [0.15, 0.2) is 42.5 Å². The van der Waals surface area contributed by atoms with Crippen molar-refractivity contribution in [3.63, 3.8) is 0 Å². The number of imidazole rings is 1. The van der Waals surface area contributed by atoms with Crippen LogP contribution in [0.4, 0.5) is 11.4 Å². The third kappa shape index (κ3) is 3.78. The van der Waals surface area contributed by atoms with Crippen LogP contribution in [-0.4, -0.2) is 22.0 Å². The molecule has 2 aromatic carbocycles. The lowest BCUT2D eigenvalue weighted by atomic mass is 10.2. The molecule has 0 spiro atoms. The lowest BCUT2D eigenvalue weighted by molar-refractivity contribution is -0.116. The van der Waals surface area contributed by atoms with Crippen molar-refractivity contribution < 1.29 is 4.79 Å². The van der Waals surface area contributed by atoms with Gasteiger partial charge in [0.05, 0.1) is 17.6 Å². The van der Waals surface area contributed by atoms with Crippen molar-refractivity contribution in [1.82, 2.24) is 9.55 Å². The van der Waals surface area contributed by atoms with E-state index in [2.05, 4.69) is 27.8 Å². The summed E-state index contributed by atoms with van der Waals surface area (Å²) in [6.07, 6.45) is 2.50. The number of anilines is 2. The molecule has 0 aliphatic carbocycles. The first-order chi connectivity index (χ1) is 13.1. The van der Waals surface area contributed by atoms with Gasteiger partial charge in [-0.15, -0.1) is 0 Å². The molecule has 0 saturated carbocycles. The number of hydrogen-bond acceptors (Lipinski definition) is 3. The molecule has 5 nitrogen and oxygen atoms in total. The van der Waals surface area contributed by atoms with Gasteiger partial charge < -0.3 is 14.8 Å². The van der Waals surface area contributed by atoms with Gasteiger partial charge in [-0.3, -0.25) is 4.79 Å². The van der Waals surface area contributed by atoms with E-state index in [1.165, 1.54) is 0 Å². The van der Waals surface area contributed by atoms with E-state index < -0.39 is 0 Å². The summed E-state index contributed by atoms with van der Waals surface area (Å²) in [6, 6.07) is 13.9. The number of aromatic nitrogens is 2. The monoisotopic (exact) mass is 382 g/mol. The number of halogens is 1. The maximum Gasteiger partial charge on any atom is 0.224 e. The first-order valence-electron chi connectivity index (χ1n) is 9.43. The number of carbonyl (C=O) groups excluding carboxylic acids is 1. The van der Waals surface area contributed by atoms with Gasteiger partial charge in [-0.25, -0.2) is 4.98 Å². The number of nitrogens with zero attached hydrogens (tertiary/aromatic N) is 3. The molecule has 0 radical (unpaired) electrons. The topological polar surface area (TPSA) is 50.2 Å². The molecule has 1 aliphatic heterocycles. The van der Waals surface area contributed by atoms with Crippen LogP contribution in [0.3, 0.4) is 0 Å². The van der Waals surface area contributed by atoms with Crippen molar-refractivity contribution in [2.75, 3.05) is 16.8 Å². The SMILES string of the molecule is CCCCC(=O)Nc1cccc(N2CCn3c(nc4cc(Cl)ccc43)C2)c1. The Balaban J connectivity index is 1.53. The summed E-state index contributed by atoms with van der Waals surface area (Å²) in [5.74, 6) is 1.11. The molecule has 1 amide bonds. The largest absolute Gasteiger partial charge is 0.362 e. The van der Waals surface area contributed by atoms with Crippen LogP contribution in [0, 0.1) is 0 Å². The predicted molar refractivity (Wildman–Crippen MR) is 110 cm³/mol. The zero-order valence-electron chi connectivity index (χ0n) is 15.4. The first kappa shape index (κ1) is 17.9. The van der Waals surface area contributed by atoms with Crippen LogP contribution in [0.2, 0.25) is 5.02 Å². The highest BCUT2D eigenvalue weighted by molar-refractivity contribution is 6.31. The van der Waals surface area contributed by atoms with E-state index in [9.17, 15) is 4.79 Å². The van der Waals surface area contributed by atoms with Crippen molar-refractivity contribution in [2.24, 2.45) is 0 Å². The third-order valence-corrected chi connectivity index (χ3v) is 5.20. The van der Waals surface area contributed by atoms with Crippen LogP contribution in [0.5, 0.6) is 0 Å². The van der Waals surface area contributed by atoms with E-state index >= 15 is 0 Å². The number of rotatable bonds is 5. The fraction of sp³-hybridized carbons (Fsp3) is 0.333. The summed E-state index contributed by atoms with van der Waals surface area (Å²) in [4.78, 5) is 19.1. The maximum absolute atomic E-state index is 12.0. The Morgan fingerprint density at radius 2 is 2.11 bits per heavy atom. The van der Waals surface area contributed by atoms with E-state index in [1.54, 1.807) is 0 Å². The van der Waals surface area contributed by atoms with Gasteiger partial charge in [-0.05, 0) is 42.8 Å². The molecule has 4 rings (SSSR count). The second-order valence-electron chi connectivity index (χ2n) is 6.94. The summed E-state index contributed by atoms with van der Waals surface area (Å²) in [6.45, 7) is 4.60. The second kappa shape index (κ2) is 7.61. The highest BCUT2D eigenvalue weighted by Crippen LogP contribution is 2.27. The normalized spacial score (nSPS) is 13.6. The molecule has 140 valence electrons. The van der Waals surface area contributed by atoms with Crippen LogP contribution < -0.4 is 10.2 Å². The van der Waals surface area contributed by atoms with Crippen molar-refractivity contribution in [3.05, 3.63) is 53.3 Å². The molecule has 3 aromatic rings. The van der Waals surface area contributed by atoms with Gasteiger partial charge >= 0.3 is 0 Å². The quantitative estimate of drug-likeness (QED) is 0.687. The van der Waals surface area contributed by atoms with Crippen LogP contribution in [0.25, 0.3) is 11.0 Å². The molecule has 0 unspecified atom stereocenters. The predicted octanol–water partition coefficient (Wildman–Crippen LogP) is 4.84. The Bertz CT molecular complexity index is 981. The average molecular weight is 383 g/mol. The minimum Gasteiger partial charge on any atom is -0.362 e. The number of nitrogens with one attached hydrogen (secondary N) is 1. The van der Waals surface area contributed by atoms with E-state index in [1.807, 2.05) is 36.4 Å². The molecule has 6 heteroatoms. The molecule has 0 atom stereocenters. The van der Waals surface area contributed by atoms with E-state index in [-0.39, 0.29) is 5.91 Å². The number of unbranched alkanes of at least 4 members (excludes halogenated alkanes) is 1. The van der Waals surface area contributed by atoms with E-state index in [0.717, 1.165) is 60.7 Å². The number of hydrogen-bond donors (Lipinski definition) is 1. The molecular weight excluding hydrogens is 360 g/mol. The summed E-state index contributed by atoms with van der Waals surface area (Å²) in [7, 11) is 0. The lowest BCUT2D eigenvalue weighted by Gasteiger charge is -2.30. The van der Waals surface area contributed by atoms with Gasteiger partial charge in [-0.2, -0.15) is 0 Å². The zero-order valence-corrected chi connectivity index (χ0v) is 16.2. The minimum atomic E-state index is 0.0753. The van der Waals surface area contributed by atoms with Crippen molar-refractivity contribution in [1.29, 1.82) is 0 Å². The molecule has 0 saturated heterocycles. The number of benzene rings is 2. The fourth-order valence-electron chi connectivity index (χ4n) is 3.56. The second-order valence-corrected chi connectivity index (χ2v) is 7.37. The van der Waals surface area contributed by atoms with E-state index in [0.29, 0.717) is 11.4 Å². The van der Waals surface area contributed by atoms with Gasteiger partial charge in [0.25, 0.3) is 0 Å². The van der Waals surface area contributed by atoms with Gasteiger partial charge in [0.15, 0.2) is 0 Å². The van der Waals surface area contributed by atoms with Crippen molar-refractivity contribution >= 4 is 39.9 Å². The number of amides is 1. The summed E-state index contributed by atoms with van der Waals surface area (Å²) < 4.78 is 2.26. The lowest BCUT2D eigenvalue weighted by Crippen LogP contribution is -2.33. The molecule has 1 aliphatic rings. The van der Waals surface area contributed by atoms with E-state index in [4.69, 9.17) is 16.6 Å². The summed E-state index contributed by atoms with van der Waals surface area (Å²) >= 11 is 6.10. The fourth-order valence-corrected chi connectivity index (χ4v) is 3.72. The number of carbonyl (C=O) groups is 1. The van der Waals surface area contributed by atoms with Gasteiger partial charge in [0, 0.05) is 35.9 Å². The van der Waals surface area contributed by atoms with Crippen molar-refractivity contribution in [2.45, 2.75) is 39.3 Å². The average Bonchev–Trinajstić information content (AvgIpc) is 3.03. The minimum absolute atomic E-state index is 0.0753. The highest BCUT2D eigenvalue weighted by Gasteiger charge is 2.20. The van der Waals surface area contributed by atoms with Gasteiger partial charge in [0.2, 0.25) is 5.91 Å². The van der Waals surface area contributed by atoms with Gasteiger partial charge in [0.1, 0.15) is 5.82 Å². The Morgan fingerprint density at radius 1 is 1.22 bits per heavy atom. The highest BCUT2D eigenvalue weighted by atomic mass is 35.5. The Labute approximate surface area is 163 Å². The first-order valence-corrected chi connectivity index (χ1v) is 9.81. The number of fused-ring (bicyclic) bond motifs is 3. The van der Waals surface area contributed by atoms with Gasteiger partial charge in [-0.1, -0.05) is 31.0 Å². The van der Waals surface area contributed by atoms with Crippen LogP contribution in [0.1, 0.15) is 32.0 Å². The summed E-state index contributed by atoms with van der Waals surface area (Å²) in [5, 5.41) is 3.71. The molecule has 27 heavy (non-hydrogen) atoms. The Kier molecular flexibility index (Phi) is 5.03. The Hall–Kier alpha value is -2.53. The Morgan fingerprint density at radius 3 is 2.96 bits per heavy atom. The molecule has 2 heterocycles. The third-order valence-electron chi connectivity index (χ3n) is 4.97. The molecular formula is C21H23ClN4O. The van der Waals surface area contributed by atoms with Crippen LogP contribution in [-0.2, 0) is 17.9 Å². The maximum atomic E-state index is 12.0. The molecule has 1 N–H and O–H groups in total. The van der Waals surface area contributed by atoms with Crippen molar-refractivity contribution in [3.8, 4) is 0 Å². The van der Waals surface area contributed by atoms with Crippen LogP contribution >= 0.6 is 11.6 Å². The molecule has 0 fully saturated rings. The zero-order chi connectivity index (χ0) is 18.8. The standard InChI is InChI=1S/C21H23ClN4O/c1-2-3-7-21(27)23-16-5-4-6-17(13-16)25-10-11-26-19-9-8-15(22)12-18(19)24-20(26)14-25/h4-6,8-9,12-13H,2-3,7,10-11,14H2,1H3,(H,23,27). The smallest absolute Gasteiger partial charge is 0.224 e. The summed E-state index contributed by atoms with van der Waals surface area (Å²) in [5.41, 5.74) is 4.02.